The van der Waals surface area contributed by atoms with E-state index >= 15 is 0 Å². The number of aryl methyl sites for hydroxylation is 1. The first-order valence-electron chi connectivity index (χ1n) is 12.1. The van der Waals surface area contributed by atoms with Crippen LogP contribution in [0.3, 0.4) is 0 Å². The zero-order valence-corrected chi connectivity index (χ0v) is 22.0. The molecule has 1 saturated carbocycles. The van der Waals surface area contributed by atoms with Gasteiger partial charge in [0.05, 0.1) is 56.0 Å². The summed E-state index contributed by atoms with van der Waals surface area (Å²) in [6, 6.07) is 6.54. The van der Waals surface area contributed by atoms with E-state index in [1.165, 1.54) is 14.2 Å². The minimum Gasteiger partial charge on any atom is -0.493 e. The Labute approximate surface area is 211 Å². The molecule has 1 unspecified atom stereocenters. The highest BCUT2D eigenvalue weighted by molar-refractivity contribution is 6.07. The number of benzene rings is 1. The predicted molar refractivity (Wildman–Crippen MR) is 136 cm³/mol. The Hall–Kier alpha value is -3.62. The molecule has 4 rings (SSSR count). The Bertz CT molecular complexity index is 1300. The molecular formula is C27H34N4O5. The van der Waals surface area contributed by atoms with E-state index in [-0.39, 0.29) is 17.9 Å². The molecule has 1 aliphatic rings. The molecule has 9 nitrogen and oxygen atoms in total. The molecule has 0 spiro atoms. The first-order valence-corrected chi connectivity index (χ1v) is 12.1. The van der Waals surface area contributed by atoms with E-state index in [4.69, 9.17) is 24.3 Å². The zero-order valence-electron chi connectivity index (χ0n) is 22.0. The lowest BCUT2D eigenvalue weighted by Gasteiger charge is -2.21. The Morgan fingerprint density at radius 2 is 1.81 bits per heavy atom. The van der Waals surface area contributed by atoms with Crippen molar-refractivity contribution in [2.45, 2.75) is 64.5 Å². The molecule has 0 aliphatic heterocycles. The number of hydrogen-bond acceptors (Lipinski definition) is 7. The van der Waals surface area contributed by atoms with Crippen LogP contribution in [0, 0.1) is 6.92 Å². The average molecular weight is 495 g/mol. The molecule has 192 valence electrons. The lowest BCUT2D eigenvalue weighted by atomic mass is 10.0. The van der Waals surface area contributed by atoms with Crippen molar-refractivity contribution in [3.05, 3.63) is 46.8 Å². The molecule has 1 aliphatic carbocycles. The van der Waals surface area contributed by atoms with Gasteiger partial charge in [0.25, 0.3) is 5.91 Å². The van der Waals surface area contributed by atoms with E-state index in [0.717, 1.165) is 29.6 Å². The molecule has 0 saturated heterocycles. The van der Waals surface area contributed by atoms with E-state index in [1.807, 2.05) is 17.7 Å². The average Bonchev–Trinajstić information content (AvgIpc) is 3.64. The Morgan fingerprint density at radius 3 is 2.39 bits per heavy atom. The van der Waals surface area contributed by atoms with Crippen molar-refractivity contribution in [3.8, 4) is 11.5 Å². The summed E-state index contributed by atoms with van der Waals surface area (Å²) in [6.45, 7) is 8.08. The van der Waals surface area contributed by atoms with Crippen LogP contribution in [0.15, 0.2) is 24.3 Å². The van der Waals surface area contributed by atoms with Crippen LogP contribution in [0.5, 0.6) is 11.5 Å². The van der Waals surface area contributed by atoms with Gasteiger partial charge in [-0.2, -0.15) is 5.10 Å². The lowest BCUT2D eigenvalue weighted by Crippen LogP contribution is -2.31. The highest BCUT2D eigenvalue weighted by Crippen LogP contribution is 2.41. The summed E-state index contributed by atoms with van der Waals surface area (Å²) in [6.07, 6.45) is 2.07. The molecule has 36 heavy (non-hydrogen) atoms. The maximum Gasteiger partial charge on any atom is 0.307 e. The summed E-state index contributed by atoms with van der Waals surface area (Å²) in [4.78, 5) is 31.0. The molecule has 2 aromatic heterocycles. The van der Waals surface area contributed by atoms with Crippen LogP contribution in [0.1, 0.15) is 79.3 Å². The molecular weight excluding hydrogens is 460 g/mol. The van der Waals surface area contributed by atoms with Crippen molar-refractivity contribution in [3.63, 3.8) is 0 Å². The fraction of sp³-hybridized carbons (Fsp3) is 0.481. The van der Waals surface area contributed by atoms with Crippen LogP contribution in [-0.2, 0) is 15.1 Å². The van der Waals surface area contributed by atoms with E-state index in [2.05, 4.69) is 26.1 Å². The third-order valence-corrected chi connectivity index (χ3v) is 6.42. The van der Waals surface area contributed by atoms with Gasteiger partial charge in [-0.3, -0.25) is 9.59 Å². The van der Waals surface area contributed by atoms with Crippen molar-refractivity contribution in [1.29, 1.82) is 0 Å². The second-order valence-electron chi connectivity index (χ2n) is 10.2. The number of nitrogens with one attached hydrogen (secondary N) is 1. The summed E-state index contributed by atoms with van der Waals surface area (Å²) in [5, 5.41) is 8.51. The SMILES string of the molecule is COC(=O)CC(NC(=O)c1cc(C2CC2)nc2c1c(C)nn2C(C)(C)C)c1ccc(OC)c(OC)c1. The van der Waals surface area contributed by atoms with Crippen LogP contribution in [0.4, 0.5) is 0 Å². The van der Waals surface area contributed by atoms with Crippen LogP contribution in [0.25, 0.3) is 11.0 Å². The molecule has 1 atom stereocenters. The number of carbonyl (C=O) groups is 2. The minimum absolute atomic E-state index is 0.0400. The van der Waals surface area contributed by atoms with Crippen molar-refractivity contribution in [2.24, 2.45) is 0 Å². The number of aromatic nitrogens is 3. The summed E-state index contributed by atoms with van der Waals surface area (Å²) >= 11 is 0. The molecule has 0 bridgehead atoms. The molecule has 1 fully saturated rings. The van der Waals surface area contributed by atoms with Gasteiger partial charge < -0.3 is 19.5 Å². The molecule has 1 amide bonds. The number of fused-ring (bicyclic) bond motifs is 1. The van der Waals surface area contributed by atoms with Crippen LogP contribution in [-0.4, -0.2) is 48.0 Å². The van der Waals surface area contributed by atoms with E-state index < -0.39 is 12.0 Å². The summed E-state index contributed by atoms with van der Waals surface area (Å²) in [7, 11) is 4.42. The number of amides is 1. The van der Waals surface area contributed by atoms with Gasteiger partial charge in [0.2, 0.25) is 0 Å². The van der Waals surface area contributed by atoms with Gasteiger partial charge in [-0.1, -0.05) is 6.07 Å². The molecule has 9 heteroatoms. The van der Waals surface area contributed by atoms with Crippen molar-refractivity contribution < 1.29 is 23.8 Å². The molecule has 1 N–H and O–H groups in total. The van der Waals surface area contributed by atoms with Crippen LogP contribution in [0.2, 0.25) is 0 Å². The lowest BCUT2D eigenvalue weighted by molar-refractivity contribution is -0.141. The van der Waals surface area contributed by atoms with Crippen molar-refractivity contribution >= 4 is 22.9 Å². The topological polar surface area (TPSA) is 105 Å². The maximum absolute atomic E-state index is 13.8. The number of rotatable bonds is 8. The van der Waals surface area contributed by atoms with E-state index in [0.29, 0.717) is 34.2 Å². The smallest absolute Gasteiger partial charge is 0.307 e. The first kappa shape index (κ1) is 25.5. The number of hydrogen-bond donors (Lipinski definition) is 1. The number of pyridine rings is 1. The van der Waals surface area contributed by atoms with Gasteiger partial charge in [-0.25, -0.2) is 9.67 Å². The van der Waals surface area contributed by atoms with Gasteiger partial charge in [-0.15, -0.1) is 0 Å². The van der Waals surface area contributed by atoms with Crippen LogP contribution < -0.4 is 14.8 Å². The normalized spacial score (nSPS) is 14.4. The number of methoxy groups -OCH3 is 3. The van der Waals surface area contributed by atoms with Gasteiger partial charge in [0, 0.05) is 11.6 Å². The largest absolute Gasteiger partial charge is 0.493 e. The number of carbonyl (C=O) groups excluding carboxylic acids is 2. The van der Waals surface area contributed by atoms with E-state index in [1.54, 1.807) is 25.3 Å². The van der Waals surface area contributed by atoms with Gasteiger partial charge in [-0.05, 0) is 64.3 Å². The molecule has 3 aromatic rings. The monoisotopic (exact) mass is 494 g/mol. The Kier molecular flexibility index (Phi) is 6.93. The van der Waals surface area contributed by atoms with Gasteiger partial charge in [0.15, 0.2) is 17.1 Å². The second kappa shape index (κ2) is 9.79. The van der Waals surface area contributed by atoms with Gasteiger partial charge in [0.1, 0.15) is 0 Å². The number of nitrogens with zero attached hydrogens (tertiary/aromatic N) is 3. The molecule has 0 radical (unpaired) electrons. The van der Waals surface area contributed by atoms with Crippen molar-refractivity contribution in [1.82, 2.24) is 20.1 Å². The predicted octanol–water partition coefficient (Wildman–Crippen LogP) is 4.42. The summed E-state index contributed by atoms with van der Waals surface area (Å²) in [5.41, 5.74) is 3.23. The van der Waals surface area contributed by atoms with Gasteiger partial charge >= 0.3 is 5.97 Å². The molecule has 1 aromatic carbocycles. The number of ether oxygens (including phenoxy) is 3. The fourth-order valence-corrected chi connectivity index (χ4v) is 4.35. The third kappa shape index (κ3) is 5.01. The Morgan fingerprint density at radius 1 is 1.11 bits per heavy atom. The third-order valence-electron chi connectivity index (χ3n) is 6.42. The fourth-order valence-electron chi connectivity index (χ4n) is 4.35. The first-order chi connectivity index (χ1) is 17.1. The molecule has 2 heterocycles. The highest BCUT2D eigenvalue weighted by Gasteiger charge is 2.31. The highest BCUT2D eigenvalue weighted by atomic mass is 16.5. The minimum atomic E-state index is -0.643. The summed E-state index contributed by atoms with van der Waals surface area (Å²) in [5.74, 6) is 0.666. The zero-order chi connectivity index (χ0) is 26.2. The second-order valence-corrected chi connectivity index (χ2v) is 10.2. The Balaban J connectivity index is 1.78. The summed E-state index contributed by atoms with van der Waals surface area (Å²) < 4.78 is 17.6. The van der Waals surface area contributed by atoms with E-state index in [9.17, 15) is 9.59 Å². The number of esters is 1. The maximum atomic E-state index is 13.8. The quantitative estimate of drug-likeness (QED) is 0.462. The van der Waals surface area contributed by atoms with Crippen molar-refractivity contribution in [2.75, 3.05) is 21.3 Å². The van der Waals surface area contributed by atoms with Crippen LogP contribution >= 0.6 is 0 Å². The standard InChI is InChI=1S/C27H34N4O5/c1-15-24-18(13-19(16-8-9-16)28-25(24)31(30-15)27(2,3)4)26(33)29-20(14-23(32)36-7)17-10-11-21(34-5)22(12-17)35-6/h10-13,16,20H,8-9,14H2,1-7H3,(H,29,33).